The number of carbonyl (C=O) groups is 1. The largest absolute Gasteiger partial charge is 0.356 e. The molecule has 2 aliphatic rings. The summed E-state index contributed by atoms with van der Waals surface area (Å²) in [4.78, 5) is 11.7. The van der Waals surface area contributed by atoms with Gasteiger partial charge in [0, 0.05) is 37.1 Å². The third-order valence-corrected chi connectivity index (χ3v) is 5.15. The van der Waals surface area contributed by atoms with Crippen LogP contribution in [0.3, 0.4) is 0 Å². The van der Waals surface area contributed by atoms with Crippen molar-refractivity contribution in [3.05, 3.63) is 0 Å². The van der Waals surface area contributed by atoms with Gasteiger partial charge in [-0.3, -0.25) is 4.79 Å². The summed E-state index contributed by atoms with van der Waals surface area (Å²) in [7, 11) is 0. The smallest absolute Gasteiger partial charge is 0.221 e. The number of carbonyl (C=O) groups excluding carboxylic acids is 1. The molecule has 1 atom stereocenters. The van der Waals surface area contributed by atoms with Crippen LogP contribution in [0.2, 0.25) is 0 Å². The second kappa shape index (κ2) is 8.05. The van der Waals surface area contributed by atoms with Gasteiger partial charge in [-0.25, -0.2) is 0 Å². The minimum absolute atomic E-state index is 0.224. The SMILES string of the molecule is O=C(CC1CSCCN1)NCCCC1CCCC1. The molecule has 1 saturated carbocycles. The zero-order valence-corrected chi connectivity index (χ0v) is 12.1. The van der Waals surface area contributed by atoms with E-state index in [1.807, 2.05) is 11.8 Å². The molecule has 3 nitrogen and oxygen atoms in total. The van der Waals surface area contributed by atoms with Crippen LogP contribution in [-0.4, -0.2) is 36.5 Å². The van der Waals surface area contributed by atoms with E-state index in [1.54, 1.807) is 0 Å². The monoisotopic (exact) mass is 270 g/mol. The maximum absolute atomic E-state index is 11.7. The molecule has 0 radical (unpaired) electrons. The molecule has 18 heavy (non-hydrogen) atoms. The van der Waals surface area contributed by atoms with Crippen LogP contribution in [0.4, 0.5) is 0 Å². The Balaban J connectivity index is 1.48. The molecule has 1 aliphatic heterocycles. The molecule has 1 heterocycles. The van der Waals surface area contributed by atoms with Crippen LogP contribution in [0.1, 0.15) is 44.9 Å². The normalized spacial score (nSPS) is 25.2. The Bertz CT molecular complexity index is 248. The van der Waals surface area contributed by atoms with Crippen molar-refractivity contribution in [1.82, 2.24) is 10.6 Å². The molecule has 2 N–H and O–H groups in total. The van der Waals surface area contributed by atoms with Crippen LogP contribution in [0.15, 0.2) is 0 Å². The highest BCUT2D eigenvalue weighted by Gasteiger charge is 2.17. The van der Waals surface area contributed by atoms with Gasteiger partial charge in [0.25, 0.3) is 0 Å². The summed E-state index contributed by atoms with van der Waals surface area (Å²) in [5.74, 6) is 3.43. The summed E-state index contributed by atoms with van der Waals surface area (Å²) in [6.07, 6.45) is 8.77. The summed E-state index contributed by atoms with van der Waals surface area (Å²) in [6, 6.07) is 0.388. The van der Waals surface area contributed by atoms with Crippen molar-refractivity contribution in [1.29, 1.82) is 0 Å². The first-order valence-electron chi connectivity index (χ1n) is 7.42. The molecule has 0 aromatic rings. The average Bonchev–Trinajstić information content (AvgIpc) is 2.89. The fourth-order valence-corrected chi connectivity index (χ4v) is 3.91. The fourth-order valence-electron chi connectivity index (χ4n) is 2.96. The van der Waals surface area contributed by atoms with Crippen LogP contribution < -0.4 is 10.6 Å². The van der Waals surface area contributed by atoms with Gasteiger partial charge in [0.1, 0.15) is 0 Å². The first-order chi connectivity index (χ1) is 8.84. The van der Waals surface area contributed by atoms with Crippen LogP contribution in [0, 0.1) is 5.92 Å². The van der Waals surface area contributed by atoms with E-state index >= 15 is 0 Å². The van der Waals surface area contributed by atoms with Gasteiger partial charge in [0.15, 0.2) is 0 Å². The van der Waals surface area contributed by atoms with E-state index in [-0.39, 0.29) is 5.91 Å². The van der Waals surface area contributed by atoms with Gasteiger partial charge >= 0.3 is 0 Å². The molecular formula is C14H26N2OS. The second-order valence-corrected chi connectivity index (χ2v) is 6.72. The molecular weight excluding hydrogens is 244 g/mol. The van der Waals surface area contributed by atoms with E-state index in [1.165, 1.54) is 37.9 Å². The van der Waals surface area contributed by atoms with Gasteiger partial charge in [-0.15, -0.1) is 0 Å². The standard InChI is InChI=1S/C14H26N2OS/c17-14(10-13-11-18-9-8-15-13)16-7-3-6-12-4-1-2-5-12/h12-13,15H,1-11H2,(H,16,17). The fraction of sp³-hybridized carbons (Fsp3) is 0.929. The van der Waals surface area contributed by atoms with E-state index in [0.29, 0.717) is 12.5 Å². The summed E-state index contributed by atoms with van der Waals surface area (Å²) >= 11 is 1.95. The molecule has 104 valence electrons. The van der Waals surface area contributed by atoms with E-state index < -0.39 is 0 Å². The molecule has 0 bridgehead atoms. The van der Waals surface area contributed by atoms with Gasteiger partial charge in [0.05, 0.1) is 0 Å². The van der Waals surface area contributed by atoms with E-state index in [2.05, 4.69) is 10.6 Å². The molecule has 1 amide bonds. The first kappa shape index (κ1) is 14.2. The van der Waals surface area contributed by atoms with Gasteiger partial charge in [-0.2, -0.15) is 11.8 Å². The highest BCUT2D eigenvalue weighted by molar-refractivity contribution is 7.99. The maximum Gasteiger partial charge on any atom is 0.221 e. The second-order valence-electron chi connectivity index (χ2n) is 5.57. The predicted molar refractivity (Wildman–Crippen MR) is 77.9 cm³/mol. The van der Waals surface area contributed by atoms with Crippen molar-refractivity contribution in [3.8, 4) is 0 Å². The Morgan fingerprint density at radius 2 is 2.17 bits per heavy atom. The van der Waals surface area contributed by atoms with E-state index in [9.17, 15) is 4.79 Å². The maximum atomic E-state index is 11.7. The Morgan fingerprint density at radius 1 is 1.33 bits per heavy atom. The van der Waals surface area contributed by atoms with Gasteiger partial charge in [-0.1, -0.05) is 25.7 Å². The van der Waals surface area contributed by atoms with Crippen LogP contribution >= 0.6 is 11.8 Å². The number of hydrogen-bond acceptors (Lipinski definition) is 3. The summed E-state index contributed by atoms with van der Waals surface area (Å²) < 4.78 is 0. The lowest BCUT2D eigenvalue weighted by Crippen LogP contribution is -2.41. The Kier molecular flexibility index (Phi) is 6.35. The topological polar surface area (TPSA) is 41.1 Å². The molecule has 4 heteroatoms. The van der Waals surface area contributed by atoms with Crippen molar-refractivity contribution < 1.29 is 4.79 Å². The number of hydrogen-bond donors (Lipinski definition) is 2. The van der Waals surface area contributed by atoms with Gasteiger partial charge < -0.3 is 10.6 Å². The van der Waals surface area contributed by atoms with Crippen LogP contribution in [-0.2, 0) is 4.79 Å². The minimum Gasteiger partial charge on any atom is -0.356 e. The minimum atomic E-state index is 0.224. The molecule has 0 aromatic carbocycles. The molecule has 0 aromatic heterocycles. The predicted octanol–water partition coefficient (Wildman–Crippen LogP) is 2.17. The highest BCUT2D eigenvalue weighted by atomic mass is 32.2. The lowest BCUT2D eigenvalue weighted by atomic mass is 10.0. The summed E-state index contributed by atoms with van der Waals surface area (Å²) in [5.41, 5.74) is 0. The Hall–Kier alpha value is -0.220. The number of nitrogens with one attached hydrogen (secondary N) is 2. The lowest BCUT2D eigenvalue weighted by Gasteiger charge is -2.22. The third-order valence-electron chi connectivity index (χ3n) is 4.02. The van der Waals surface area contributed by atoms with Crippen molar-refractivity contribution in [2.75, 3.05) is 24.6 Å². The van der Waals surface area contributed by atoms with Crippen LogP contribution in [0.25, 0.3) is 0 Å². The lowest BCUT2D eigenvalue weighted by molar-refractivity contribution is -0.121. The van der Waals surface area contributed by atoms with Crippen LogP contribution in [0.5, 0.6) is 0 Å². The van der Waals surface area contributed by atoms with Crippen molar-refractivity contribution in [3.63, 3.8) is 0 Å². The Morgan fingerprint density at radius 3 is 2.89 bits per heavy atom. The van der Waals surface area contributed by atoms with E-state index in [0.717, 1.165) is 31.2 Å². The summed E-state index contributed by atoms with van der Waals surface area (Å²) in [5, 5.41) is 6.47. The molecule has 1 aliphatic carbocycles. The quantitative estimate of drug-likeness (QED) is 0.727. The summed E-state index contributed by atoms with van der Waals surface area (Å²) in [6.45, 7) is 1.92. The average molecular weight is 270 g/mol. The number of thioether (sulfide) groups is 1. The zero-order valence-electron chi connectivity index (χ0n) is 11.2. The van der Waals surface area contributed by atoms with E-state index in [4.69, 9.17) is 0 Å². The van der Waals surface area contributed by atoms with Gasteiger partial charge in [-0.05, 0) is 18.8 Å². The molecule has 1 saturated heterocycles. The van der Waals surface area contributed by atoms with Crippen molar-refractivity contribution >= 4 is 17.7 Å². The molecule has 0 spiro atoms. The number of amides is 1. The highest BCUT2D eigenvalue weighted by Crippen LogP contribution is 2.28. The Labute approximate surface area is 115 Å². The first-order valence-corrected chi connectivity index (χ1v) is 8.58. The van der Waals surface area contributed by atoms with Crippen molar-refractivity contribution in [2.45, 2.75) is 51.0 Å². The van der Waals surface area contributed by atoms with Crippen molar-refractivity contribution in [2.24, 2.45) is 5.92 Å². The molecule has 2 rings (SSSR count). The number of rotatable bonds is 6. The van der Waals surface area contributed by atoms with Gasteiger partial charge in [0.2, 0.25) is 5.91 Å². The molecule has 1 unspecified atom stereocenters. The third kappa shape index (κ3) is 5.19. The zero-order chi connectivity index (χ0) is 12.6. The molecule has 2 fully saturated rings.